The quantitative estimate of drug-likeness (QED) is 0.714. The molecule has 2 rings (SSSR count). The molecule has 2 aromatic rings. The molecule has 0 aliphatic rings. The Morgan fingerprint density at radius 2 is 2.20 bits per heavy atom. The van der Waals surface area contributed by atoms with Gasteiger partial charge in [0.15, 0.2) is 6.29 Å². The minimum atomic E-state index is 0.508. The van der Waals surface area contributed by atoms with E-state index in [1.54, 1.807) is 0 Å². The fourth-order valence-electron chi connectivity index (χ4n) is 1.82. The number of aryl methyl sites for hydroxylation is 2. The topological polar surface area (TPSA) is 22.0 Å². The predicted octanol–water partition coefficient (Wildman–Crippen LogP) is 3.21. The summed E-state index contributed by atoms with van der Waals surface area (Å²) in [4.78, 5) is 11.0. The Kier molecular flexibility index (Phi) is 2.53. The van der Waals surface area contributed by atoms with Crippen LogP contribution in [-0.4, -0.2) is 10.9 Å². The molecule has 0 atom stereocenters. The molecule has 3 heteroatoms. The number of benzene rings is 1. The molecule has 1 aromatic heterocycles. The second kappa shape index (κ2) is 3.70. The molecule has 0 aliphatic carbocycles. The zero-order chi connectivity index (χ0) is 11.0. The monoisotopic (exact) mass is 221 g/mol. The van der Waals surface area contributed by atoms with Gasteiger partial charge in [0.25, 0.3) is 0 Å². The van der Waals surface area contributed by atoms with E-state index in [0.717, 1.165) is 23.6 Å². The summed E-state index contributed by atoms with van der Waals surface area (Å²) in [5.74, 6) is 0. The number of hydrogen-bond donors (Lipinski definition) is 0. The molecule has 0 amide bonds. The summed E-state index contributed by atoms with van der Waals surface area (Å²) in [5.41, 5.74) is 2.80. The van der Waals surface area contributed by atoms with Gasteiger partial charge in [-0.05, 0) is 24.1 Å². The molecule has 1 aromatic carbocycles. The summed E-state index contributed by atoms with van der Waals surface area (Å²) in [6.45, 7) is 2.09. The van der Waals surface area contributed by atoms with Crippen molar-refractivity contribution in [2.24, 2.45) is 7.05 Å². The summed E-state index contributed by atoms with van der Waals surface area (Å²) in [5, 5.41) is 1.45. The summed E-state index contributed by atoms with van der Waals surface area (Å²) in [7, 11) is 1.86. The minimum Gasteiger partial charge on any atom is -0.334 e. The number of nitrogens with zero attached hydrogens (tertiary/aromatic N) is 1. The number of hydrogen-bond acceptors (Lipinski definition) is 1. The molecular formula is C12H12ClNO. The van der Waals surface area contributed by atoms with Crippen molar-refractivity contribution in [2.75, 3.05) is 0 Å². The highest BCUT2D eigenvalue weighted by Gasteiger charge is 2.12. The van der Waals surface area contributed by atoms with E-state index in [0.29, 0.717) is 10.7 Å². The van der Waals surface area contributed by atoms with Gasteiger partial charge in [0, 0.05) is 18.0 Å². The lowest BCUT2D eigenvalue weighted by Gasteiger charge is -1.99. The third-order valence-electron chi connectivity index (χ3n) is 2.76. The van der Waals surface area contributed by atoms with Gasteiger partial charge in [-0.2, -0.15) is 0 Å². The molecule has 0 saturated carbocycles. The second-order valence-electron chi connectivity index (χ2n) is 3.59. The van der Waals surface area contributed by atoms with Crippen LogP contribution in [0.2, 0.25) is 5.15 Å². The zero-order valence-corrected chi connectivity index (χ0v) is 9.51. The molecule has 78 valence electrons. The highest BCUT2D eigenvalue weighted by atomic mass is 35.5. The molecule has 0 fully saturated rings. The highest BCUT2D eigenvalue weighted by molar-refractivity contribution is 6.34. The van der Waals surface area contributed by atoms with Gasteiger partial charge < -0.3 is 4.57 Å². The van der Waals surface area contributed by atoms with Crippen molar-refractivity contribution in [2.45, 2.75) is 13.3 Å². The number of carbonyl (C=O) groups is 1. The van der Waals surface area contributed by atoms with E-state index in [9.17, 15) is 4.79 Å². The Hall–Kier alpha value is -1.28. The maximum Gasteiger partial charge on any atom is 0.153 e. The van der Waals surface area contributed by atoms with Crippen LogP contribution in [0.25, 0.3) is 10.9 Å². The van der Waals surface area contributed by atoms with Crippen LogP contribution < -0.4 is 0 Å². The van der Waals surface area contributed by atoms with Crippen LogP contribution in [-0.2, 0) is 13.5 Å². The maximum atomic E-state index is 11.0. The SMILES string of the molecule is CCc1ccc2c(c1)c(C=O)c(Cl)n2C. The van der Waals surface area contributed by atoms with Crippen molar-refractivity contribution in [1.82, 2.24) is 4.57 Å². The van der Waals surface area contributed by atoms with E-state index < -0.39 is 0 Å². The molecule has 1 heterocycles. The van der Waals surface area contributed by atoms with E-state index >= 15 is 0 Å². The van der Waals surface area contributed by atoms with Crippen molar-refractivity contribution < 1.29 is 4.79 Å². The highest BCUT2D eigenvalue weighted by Crippen LogP contribution is 2.28. The lowest BCUT2D eigenvalue weighted by atomic mass is 10.1. The molecule has 0 aliphatic heterocycles. The second-order valence-corrected chi connectivity index (χ2v) is 3.94. The first-order valence-electron chi connectivity index (χ1n) is 4.91. The van der Waals surface area contributed by atoms with E-state index in [1.165, 1.54) is 5.56 Å². The Balaban J connectivity index is 2.85. The standard InChI is InChI=1S/C12H12ClNO/c1-3-8-4-5-11-9(6-8)10(7-15)12(13)14(11)2/h4-7H,3H2,1-2H3. The summed E-state index contributed by atoms with van der Waals surface area (Å²) < 4.78 is 1.83. The number of aldehydes is 1. The predicted molar refractivity (Wildman–Crippen MR) is 62.7 cm³/mol. The molecule has 0 spiro atoms. The van der Waals surface area contributed by atoms with E-state index in [1.807, 2.05) is 23.7 Å². The number of carbonyl (C=O) groups excluding carboxylic acids is 1. The van der Waals surface area contributed by atoms with E-state index in [4.69, 9.17) is 11.6 Å². The third kappa shape index (κ3) is 1.45. The van der Waals surface area contributed by atoms with E-state index in [2.05, 4.69) is 13.0 Å². The van der Waals surface area contributed by atoms with Gasteiger partial charge in [-0.1, -0.05) is 24.6 Å². The Morgan fingerprint density at radius 3 is 2.80 bits per heavy atom. The first kappa shape index (κ1) is 10.2. The molecule has 0 bridgehead atoms. The van der Waals surface area contributed by atoms with Gasteiger partial charge in [0.05, 0.1) is 5.56 Å². The average Bonchev–Trinajstić information content (AvgIpc) is 2.51. The Bertz CT molecular complexity index is 528. The molecule has 0 radical (unpaired) electrons. The van der Waals surface area contributed by atoms with Gasteiger partial charge in [0.2, 0.25) is 0 Å². The van der Waals surface area contributed by atoms with Crippen molar-refractivity contribution in [3.05, 3.63) is 34.5 Å². The van der Waals surface area contributed by atoms with Crippen molar-refractivity contribution in [1.29, 1.82) is 0 Å². The number of fused-ring (bicyclic) bond motifs is 1. The molecular weight excluding hydrogens is 210 g/mol. The Labute approximate surface area is 93.5 Å². The summed E-state index contributed by atoms with van der Waals surface area (Å²) >= 11 is 6.06. The number of aromatic nitrogens is 1. The smallest absolute Gasteiger partial charge is 0.153 e. The first-order valence-corrected chi connectivity index (χ1v) is 5.28. The summed E-state index contributed by atoms with van der Waals surface area (Å²) in [6, 6.07) is 6.10. The van der Waals surface area contributed by atoms with Crippen LogP contribution in [0.3, 0.4) is 0 Å². The minimum absolute atomic E-state index is 0.508. The number of halogens is 1. The van der Waals surface area contributed by atoms with Gasteiger partial charge in [0.1, 0.15) is 5.15 Å². The fourth-order valence-corrected chi connectivity index (χ4v) is 2.06. The van der Waals surface area contributed by atoms with Gasteiger partial charge >= 0.3 is 0 Å². The van der Waals surface area contributed by atoms with Crippen molar-refractivity contribution in [3.63, 3.8) is 0 Å². The zero-order valence-electron chi connectivity index (χ0n) is 8.75. The third-order valence-corrected chi connectivity index (χ3v) is 3.21. The number of rotatable bonds is 2. The van der Waals surface area contributed by atoms with Gasteiger partial charge in [-0.25, -0.2) is 0 Å². The molecule has 2 nitrogen and oxygen atoms in total. The van der Waals surface area contributed by atoms with Crippen LogP contribution in [0.4, 0.5) is 0 Å². The normalized spacial score (nSPS) is 10.9. The largest absolute Gasteiger partial charge is 0.334 e. The van der Waals surface area contributed by atoms with Gasteiger partial charge in [-0.15, -0.1) is 0 Å². The van der Waals surface area contributed by atoms with Crippen LogP contribution in [0.1, 0.15) is 22.8 Å². The molecule has 0 N–H and O–H groups in total. The van der Waals surface area contributed by atoms with Crippen LogP contribution in [0, 0.1) is 0 Å². The molecule has 15 heavy (non-hydrogen) atoms. The van der Waals surface area contributed by atoms with Crippen molar-refractivity contribution in [3.8, 4) is 0 Å². The van der Waals surface area contributed by atoms with Crippen LogP contribution >= 0.6 is 11.6 Å². The summed E-state index contributed by atoms with van der Waals surface area (Å²) in [6.07, 6.45) is 1.78. The maximum absolute atomic E-state index is 11.0. The fraction of sp³-hybridized carbons (Fsp3) is 0.250. The average molecular weight is 222 g/mol. The van der Waals surface area contributed by atoms with Crippen LogP contribution in [0.15, 0.2) is 18.2 Å². The first-order chi connectivity index (χ1) is 7.19. The van der Waals surface area contributed by atoms with Crippen molar-refractivity contribution >= 4 is 28.8 Å². The molecule has 0 unspecified atom stereocenters. The van der Waals surface area contributed by atoms with E-state index in [-0.39, 0.29) is 0 Å². The molecule has 0 saturated heterocycles. The van der Waals surface area contributed by atoms with Crippen LogP contribution in [0.5, 0.6) is 0 Å². The lowest BCUT2D eigenvalue weighted by molar-refractivity contribution is 0.112. The lowest BCUT2D eigenvalue weighted by Crippen LogP contribution is -1.87. The Morgan fingerprint density at radius 1 is 1.47 bits per heavy atom. The van der Waals surface area contributed by atoms with Gasteiger partial charge in [-0.3, -0.25) is 4.79 Å².